The van der Waals surface area contributed by atoms with Crippen LogP contribution in [0.15, 0.2) is 24.3 Å². The highest BCUT2D eigenvalue weighted by Crippen LogP contribution is 2.29. The number of hydrogen-bond acceptors (Lipinski definition) is 2. The van der Waals surface area contributed by atoms with Gasteiger partial charge in [-0.05, 0) is 24.1 Å². The Kier molecular flexibility index (Phi) is 5.37. The number of carbonyl (C=O) groups is 1. The van der Waals surface area contributed by atoms with Crippen LogP contribution in [-0.2, 0) is 17.4 Å². The summed E-state index contributed by atoms with van der Waals surface area (Å²) in [5.41, 5.74) is -0.212. The first kappa shape index (κ1) is 15.0. The molecule has 1 N–H and O–H groups in total. The predicted molar refractivity (Wildman–Crippen MR) is 63.0 cm³/mol. The molecule has 0 heterocycles. The molecule has 0 aliphatic heterocycles. The Hall–Kier alpha value is -2.03. The standard InChI is InChI=1S/C13H13F3N2O/c14-13(15,16)11-5-3-10(4-6-11)9-12(19)18-8-2-1-7-17/h3-6H,1-2,8-9H2,(H,18,19). The summed E-state index contributed by atoms with van der Waals surface area (Å²) in [4.78, 5) is 11.4. The molecule has 0 aliphatic rings. The summed E-state index contributed by atoms with van der Waals surface area (Å²) in [6.45, 7) is 0.396. The van der Waals surface area contributed by atoms with E-state index in [2.05, 4.69) is 5.32 Å². The van der Waals surface area contributed by atoms with Gasteiger partial charge in [0.15, 0.2) is 0 Å². The van der Waals surface area contributed by atoms with Crippen LogP contribution in [0.25, 0.3) is 0 Å². The van der Waals surface area contributed by atoms with E-state index >= 15 is 0 Å². The lowest BCUT2D eigenvalue weighted by Gasteiger charge is -2.08. The first-order chi connectivity index (χ1) is 8.93. The highest BCUT2D eigenvalue weighted by molar-refractivity contribution is 5.78. The van der Waals surface area contributed by atoms with Gasteiger partial charge in [0, 0.05) is 13.0 Å². The minimum absolute atomic E-state index is 0.0324. The van der Waals surface area contributed by atoms with Gasteiger partial charge in [-0.2, -0.15) is 18.4 Å². The van der Waals surface area contributed by atoms with Gasteiger partial charge >= 0.3 is 6.18 Å². The number of halogens is 3. The van der Waals surface area contributed by atoms with Gasteiger partial charge in [-0.1, -0.05) is 12.1 Å². The van der Waals surface area contributed by atoms with Crippen LogP contribution in [0.4, 0.5) is 13.2 Å². The van der Waals surface area contributed by atoms with E-state index in [9.17, 15) is 18.0 Å². The van der Waals surface area contributed by atoms with Gasteiger partial charge in [-0.3, -0.25) is 4.79 Å². The van der Waals surface area contributed by atoms with E-state index in [1.807, 2.05) is 6.07 Å². The summed E-state index contributed by atoms with van der Waals surface area (Å²) < 4.78 is 36.9. The molecule has 0 saturated heterocycles. The topological polar surface area (TPSA) is 52.9 Å². The van der Waals surface area contributed by atoms with E-state index in [1.54, 1.807) is 0 Å². The smallest absolute Gasteiger partial charge is 0.356 e. The zero-order chi connectivity index (χ0) is 14.3. The third-order valence-corrected chi connectivity index (χ3v) is 2.43. The van der Waals surface area contributed by atoms with Crippen molar-refractivity contribution in [1.29, 1.82) is 5.26 Å². The highest BCUT2D eigenvalue weighted by atomic mass is 19.4. The van der Waals surface area contributed by atoms with Crippen molar-refractivity contribution in [2.45, 2.75) is 25.4 Å². The monoisotopic (exact) mass is 270 g/mol. The molecule has 0 aliphatic carbocycles. The maximum Gasteiger partial charge on any atom is 0.416 e. The molecule has 102 valence electrons. The number of nitriles is 1. The van der Waals surface area contributed by atoms with Crippen LogP contribution >= 0.6 is 0 Å². The largest absolute Gasteiger partial charge is 0.416 e. The quantitative estimate of drug-likeness (QED) is 0.836. The number of benzene rings is 1. The molecule has 0 atom stereocenters. The second-order valence-electron chi connectivity index (χ2n) is 3.98. The van der Waals surface area contributed by atoms with Crippen LogP contribution in [-0.4, -0.2) is 12.5 Å². The van der Waals surface area contributed by atoms with E-state index in [0.29, 0.717) is 24.9 Å². The van der Waals surface area contributed by atoms with Gasteiger partial charge < -0.3 is 5.32 Å². The molecule has 3 nitrogen and oxygen atoms in total. The van der Waals surface area contributed by atoms with Crippen molar-refractivity contribution in [2.24, 2.45) is 0 Å². The lowest BCUT2D eigenvalue weighted by molar-refractivity contribution is -0.137. The van der Waals surface area contributed by atoms with Gasteiger partial charge in [-0.15, -0.1) is 0 Å². The van der Waals surface area contributed by atoms with Crippen LogP contribution in [0, 0.1) is 11.3 Å². The lowest BCUT2D eigenvalue weighted by atomic mass is 10.1. The maximum absolute atomic E-state index is 12.3. The molecule has 0 aromatic heterocycles. The summed E-state index contributed by atoms with van der Waals surface area (Å²) in [5, 5.41) is 10.9. The molecular weight excluding hydrogens is 257 g/mol. The Morgan fingerprint density at radius 1 is 1.26 bits per heavy atom. The minimum Gasteiger partial charge on any atom is -0.356 e. The van der Waals surface area contributed by atoms with Crippen molar-refractivity contribution in [1.82, 2.24) is 5.32 Å². The van der Waals surface area contributed by atoms with Crippen LogP contribution in [0.3, 0.4) is 0 Å². The SMILES string of the molecule is N#CCCCNC(=O)Cc1ccc(C(F)(F)F)cc1. The van der Waals surface area contributed by atoms with Gasteiger partial charge in [0.25, 0.3) is 0 Å². The van der Waals surface area contributed by atoms with Crippen molar-refractivity contribution in [3.8, 4) is 6.07 Å². The molecule has 0 saturated carbocycles. The van der Waals surface area contributed by atoms with Gasteiger partial charge in [0.2, 0.25) is 5.91 Å². The van der Waals surface area contributed by atoms with E-state index in [1.165, 1.54) is 12.1 Å². The van der Waals surface area contributed by atoms with E-state index in [0.717, 1.165) is 12.1 Å². The van der Waals surface area contributed by atoms with E-state index in [4.69, 9.17) is 5.26 Å². The average molecular weight is 270 g/mol. The molecule has 6 heteroatoms. The lowest BCUT2D eigenvalue weighted by Crippen LogP contribution is -2.26. The highest BCUT2D eigenvalue weighted by Gasteiger charge is 2.29. The van der Waals surface area contributed by atoms with Crippen molar-refractivity contribution in [3.05, 3.63) is 35.4 Å². The molecule has 1 amide bonds. The Morgan fingerprint density at radius 2 is 1.89 bits per heavy atom. The fourth-order valence-corrected chi connectivity index (χ4v) is 1.45. The number of amides is 1. The third kappa shape index (κ3) is 5.42. The number of rotatable bonds is 5. The van der Waals surface area contributed by atoms with Crippen LogP contribution in [0.5, 0.6) is 0 Å². The molecule has 0 spiro atoms. The summed E-state index contributed by atoms with van der Waals surface area (Å²) >= 11 is 0. The van der Waals surface area contributed by atoms with Crippen molar-refractivity contribution in [3.63, 3.8) is 0 Å². The number of alkyl halides is 3. The van der Waals surface area contributed by atoms with E-state index in [-0.39, 0.29) is 12.3 Å². The number of unbranched alkanes of at least 4 members (excludes halogenated alkanes) is 1. The molecule has 1 aromatic carbocycles. The molecular formula is C13H13F3N2O. The number of hydrogen-bond donors (Lipinski definition) is 1. The average Bonchev–Trinajstić information content (AvgIpc) is 2.34. The van der Waals surface area contributed by atoms with Crippen molar-refractivity contribution in [2.75, 3.05) is 6.54 Å². The minimum atomic E-state index is -4.36. The van der Waals surface area contributed by atoms with Crippen LogP contribution in [0.1, 0.15) is 24.0 Å². The third-order valence-electron chi connectivity index (χ3n) is 2.43. The van der Waals surface area contributed by atoms with Gasteiger partial charge in [0.05, 0.1) is 18.1 Å². The zero-order valence-corrected chi connectivity index (χ0v) is 10.1. The Bertz CT molecular complexity index is 460. The van der Waals surface area contributed by atoms with Crippen molar-refractivity contribution >= 4 is 5.91 Å². The Labute approximate surface area is 109 Å². The summed E-state index contributed by atoms with van der Waals surface area (Å²) in [6.07, 6.45) is -3.40. The first-order valence-electron chi connectivity index (χ1n) is 5.73. The first-order valence-corrected chi connectivity index (χ1v) is 5.73. The zero-order valence-electron chi connectivity index (χ0n) is 10.1. The number of nitrogens with one attached hydrogen (secondary N) is 1. The number of nitrogens with zero attached hydrogens (tertiary/aromatic N) is 1. The molecule has 19 heavy (non-hydrogen) atoms. The molecule has 0 unspecified atom stereocenters. The molecule has 0 fully saturated rings. The van der Waals surface area contributed by atoms with Gasteiger partial charge in [-0.25, -0.2) is 0 Å². The maximum atomic E-state index is 12.3. The summed E-state index contributed by atoms with van der Waals surface area (Å²) in [7, 11) is 0. The predicted octanol–water partition coefficient (Wildman–Crippen LogP) is 2.67. The second kappa shape index (κ2) is 6.78. The molecule has 0 radical (unpaired) electrons. The molecule has 0 bridgehead atoms. The van der Waals surface area contributed by atoms with Crippen LogP contribution < -0.4 is 5.32 Å². The summed E-state index contributed by atoms with van der Waals surface area (Å²) in [5.74, 6) is -0.266. The number of carbonyl (C=O) groups excluding carboxylic acids is 1. The Balaban J connectivity index is 2.45. The van der Waals surface area contributed by atoms with E-state index < -0.39 is 11.7 Å². The van der Waals surface area contributed by atoms with Gasteiger partial charge in [0.1, 0.15) is 0 Å². The fraction of sp³-hybridized carbons (Fsp3) is 0.385. The fourth-order valence-electron chi connectivity index (χ4n) is 1.45. The Morgan fingerprint density at radius 3 is 2.42 bits per heavy atom. The molecule has 1 rings (SSSR count). The molecule has 1 aromatic rings. The van der Waals surface area contributed by atoms with Crippen molar-refractivity contribution < 1.29 is 18.0 Å². The normalized spacial score (nSPS) is 10.8. The summed E-state index contributed by atoms with van der Waals surface area (Å²) in [6, 6.07) is 6.45. The second-order valence-corrected chi connectivity index (χ2v) is 3.98. The van der Waals surface area contributed by atoms with Crippen LogP contribution in [0.2, 0.25) is 0 Å².